The summed E-state index contributed by atoms with van der Waals surface area (Å²) in [4.78, 5) is 28.3. The van der Waals surface area contributed by atoms with Gasteiger partial charge in [-0.1, -0.05) is 42.5 Å². The van der Waals surface area contributed by atoms with Gasteiger partial charge in [-0.05, 0) is 17.7 Å². The number of aromatic nitrogens is 1. The minimum absolute atomic E-state index is 0.0109. The van der Waals surface area contributed by atoms with Gasteiger partial charge in [0.1, 0.15) is 5.75 Å². The number of para-hydroxylation sites is 1. The Labute approximate surface area is 175 Å². The van der Waals surface area contributed by atoms with E-state index >= 15 is 0 Å². The number of amides is 2. The fraction of sp³-hybridized carbons (Fsp3) is 0.190. The van der Waals surface area contributed by atoms with Crippen molar-refractivity contribution >= 4 is 28.3 Å². The lowest BCUT2D eigenvalue weighted by Crippen LogP contribution is -2.28. The van der Waals surface area contributed by atoms with Crippen molar-refractivity contribution in [1.82, 2.24) is 10.3 Å². The molecule has 0 unspecified atom stereocenters. The Morgan fingerprint density at radius 1 is 1.03 bits per heavy atom. The summed E-state index contributed by atoms with van der Waals surface area (Å²) in [5.41, 5.74) is 1.72. The largest absolute Gasteiger partial charge is 0.434 e. The zero-order valence-electron chi connectivity index (χ0n) is 15.8. The molecule has 0 aliphatic heterocycles. The average Bonchev–Trinajstić information content (AvgIpc) is 3.17. The standard InChI is InChI=1S/C21H19F2N3O3S/c22-20(23)29-17-9-5-4-8-15(17)16-13-30-21(25-16)26-18(27)10-11-24-19(28)12-14-6-2-1-3-7-14/h1-9,13,20H,10-12H2,(H,24,28)(H,25,26,27). The lowest BCUT2D eigenvalue weighted by molar-refractivity contribution is -0.120. The van der Waals surface area contributed by atoms with E-state index in [2.05, 4.69) is 20.4 Å². The second-order valence-electron chi connectivity index (χ2n) is 6.22. The summed E-state index contributed by atoms with van der Waals surface area (Å²) in [6.45, 7) is -2.75. The molecule has 0 radical (unpaired) electrons. The van der Waals surface area contributed by atoms with Crippen molar-refractivity contribution < 1.29 is 23.1 Å². The Balaban J connectivity index is 1.49. The molecule has 1 heterocycles. The number of ether oxygens (including phenoxy) is 1. The van der Waals surface area contributed by atoms with Crippen LogP contribution in [0.4, 0.5) is 13.9 Å². The number of hydrogen-bond acceptors (Lipinski definition) is 5. The number of nitrogens with zero attached hydrogens (tertiary/aromatic N) is 1. The molecule has 0 atom stereocenters. The Hall–Kier alpha value is -3.33. The molecule has 6 nitrogen and oxygen atoms in total. The predicted octanol–water partition coefficient (Wildman–Crippen LogP) is 4.10. The van der Waals surface area contributed by atoms with Crippen molar-refractivity contribution in [3.05, 3.63) is 65.5 Å². The number of benzene rings is 2. The van der Waals surface area contributed by atoms with Gasteiger partial charge in [-0.25, -0.2) is 4.98 Å². The maximum absolute atomic E-state index is 12.6. The van der Waals surface area contributed by atoms with E-state index in [-0.39, 0.29) is 37.0 Å². The molecule has 2 aromatic carbocycles. The number of carbonyl (C=O) groups is 2. The molecule has 9 heteroatoms. The Morgan fingerprint density at radius 2 is 1.77 bits per heavy atom. The summed E-state index contributed by atoms with van der Waals surface area (Å²) < 4.78 is 29.6. The molecule has 1 aromatic heterocycles. The predicted molar refractivity (Wildman–Crippen MR) is 111 cm³/mol. The number of carbonyl (C=O) groups excluding carboxylic acids is 2. The molecule has 0 saturated carbocycles. The van der Waals surface area contributed by atoms with E-state index in [1.165, 1.54) is 17.4 Å². The van der Waals surface area contributed by atoms with Crippen molar-refractivity contribution in [2.75, 3.05) is 11.9 Å². The second-order valence-corrected chi connectivity index (χ2v) is 7.08. The molecule has 2 amide bonds. The van der Waals surface area contributed by atoms with Gasteiger partial charge in [0.15, 0.2) is 5.13 Å². The number of alkyl halides is 2. The SMILES string of the molecule is O=C(Cc1ccccc1)NCCC(=O)Nc1nc(-c2ccccc2OC(F)F)cs1. The first kappa shape index (κ1) is 21.4. The van der Waals surface area contributed by atoms with E-state index in [9.17, 15) is 18.4 Å². The maximum atomic E-state index is 12.6. The van der Waals surface area contributed by atoms with Crippen LogP contribution >= 0.6 is 11.3 Å². The molecule has 2 N–H and O–H groups in total. The summed E-state index contributed by atoms with van der Waals surface area (Å²) in [6.07, 6.45) is 0.332. The Kier molecular flexibility index (Phi) is 7.45. The number of anilines is 1. The van der Waals surface area contributed by atoms with Crippen LogP contribution in [0.5, 0.6) is 5.75 Å². The summed E-state index contributed by atoms with van der Waals surface area (Å²) in [5.74, 6) is -0.467. The molecule has 0 aliphatic rings. The van der Waals surface area contributed by atoms with Crippen molar-refractivity contribution in [2.45, 2.75) is 19.5 Å². The third kappa shape index (κ3) is 6.35. The first-order valence-corrected chi connectivity index (χ1v) is 9.99. The molecular weight excluding hydrogens is 412 g/mol. The van der Waals surface area contributed by atoms with Crippen molar-refractivity contribution in [3.8, 4) is 17.0 Å². The Bertz CT molecular complexity index is 996. The van der Waals surface area contributed by atoms with Crippen molar-refractivity contribution in [1.29, 1.82) is 0 Å². The molecule has 0 aliphatic carbocycles. The van der Waals surface area contributed by atoms with Gasteiger partial charge < -0.3 is 15.4 Å². The molecule has 3 aromatic rings. The molecule has 156 valence electrons. The molecule has 0 saturated heterocycles. The third-order valence-electron chi connectivity index (χ3n) is 4.01. The monoisotopic (exact) mass is 431 g/mol. The van der Waals surface area contributed by atoms with Crippen LogP contribution in [0.3, 0.4) is 0 Å². The van der Waals surface area contributed by atoms with Crippen LogP contribution in [0.15, 0.2) is 60.0 Å². The third-order valence-corrected chi connectivity index (χ3v) is 4.77. The van der Waals surface area contributed by atoms with Gasteiger partial charge in [-0.3, -0.25) is 9.59 Å². The first-order valence-electron chi connectivity index (χ1n) is 9.11. The number of halogens is 2. The fourth-order valence-electron chi connectivity index (χ4n) is 2.67. The highest BCUT2D eigenvalue weighted by Gasteiger charge is 2.14. The van der Waals surface area contributed by atoms with E-state index in [0.717, 1.165) is 5.56 Å². The topological polar surface area (TPSA) is 80.3 Å². The van der Waals surface area contributed by atoms with Gasteiger partial charge in [0.05, 0.1) is 12.1 Å². The van der Waals surface area contributed by atoms with Crippen LogP contribution in [0.25, 0.3) is 11.3 Å². The minimum Gasteiger partial charge on any atom is -0.434 e. The van der Waals surface area contributed by atoms with Gasteiger partial charge >= 0.3 is 6.61 Å². The quantitative estimate of drug-likeness (QED) is 0.535. The van der Waals surface area contributed by atoms with Crippen LogP contribution in [-0.2, 0) is 16.0 Å². The van der Waals surface area contributed by atoms with Crippen molar-refractivity contribution in [2.24, 2.45) is 0 Å². The van der Waals surface area contributed by atoms with Gasteiger partial charge in [-0.15, -0.1) is 11.3 Å². The fourth-order valence-corrected chi connectivity index (χ4v) is 3.40. The van der Waals surface area contributed by atoms with Gasteiger partial charge in [-0.2, -0.15) is 8.78 Å². The van der Waals surface area contributed by atoms with Crippen molar-refractivity contribution in [3.63, 3.8) is 0 Å². The highest BCUT2D eigenvalue weighted by molar-refractivity contribution is 7.14. The highest BCUT2D eigenvalue weighted by Crippen LogP contribution is 2.32. The summed E-state index contributed by atoms with van der Waals surface area (Å²) >= 11 is 1.17. The smallest absolute Gasteiger partial charge is 0.387 e. The molecule has 0 spiro atoms. The highest BCUT2D eigenvalue weighted by atomic mass is 32.1. The van der Waals surface area contributed by atoms with Crippen LogP contribution in [-0.4, -0.2) is 30.0 Å². The number of hydrogen-bond donors (Lipinski definition) is 2. The normalized spacial score (nSPS) is 10.6. The van der Waals surface area contributed by atoms with Crippen LogP contribution in [0.1, 0.15) is 12.0 Å². The number of thiazole rings is 1. The van der Waals surface area contributed by atoms with E-state index < -0.39 is 6.61 Å². The minimum atomic E-state index is -2.94. The summed E-state index contributed by atoms with van der Waals surface area (Å²) in [6, 6.07) is 15.6. The van der Waals surface area contributed by atoms with Gasteiger partial charge in [0.25, 0.3) is 0 Å². The second kappa shape index (κ2) is 10.4. The lowest BCUT2D eigenvalue weighted by atomic mass is 10.1. The van der Waals surface area contributed by atoms with Crippen LogP contribution in [0, 0.1) is 0 Å². The van der Waals surface area contributed by atoms with Crippen LogP contribution < -0.4 is 15.4 Å². The first-order chi connectivity index (χ1) is 14.5. The van der Waals surface area contributed by atoms with E-state index in [1.54, 1.807) is 23.6 Å². The van der Waals surface area contributed by atoms with Crippen LogP contribution in [0.2, 0.25) is 0 Å². The molecular formula is C21H19F2N3O3S. The summed E-state index contributed by atoms with van der Waals surface area (Å²) in [7, 11) is 0. The maximum Gasteiger partial charge on any atom is 0.387 e. The van der Waals surface area contributed by atoms with Gasteiger partial charge in [0.2, 0.25) is 11.8 Å². The number of rotatable bonds is 9. The van der Waals surface area contributed by atoms with E-state index in [1.807, 2.05) is 30.3 Å². The van der Waals surface area contributed by atoms with E-state index in [4.69, 9.17) is 0 Å². The van der Waals surface area contributed by atoms with Gasteiger partial charge in [0, 0.05) is 23.9 Å². The summed E-state index contributed by atoms with van der Waals surface area (Å²) in [5, 5.41) is 7.32. The zero-order chi connectivity index (χ0) is 21.3. The average molecular weight is 431 g/mol. The molecule has 3 rings (SSSR count). The number of nitrogens with one attached hydrogen (secondary N) is 2. The lowest BCUT2D eigenvalue weighted by Gasteiger charge is -2.08. The zero-order valence-corrected chi connectivity index (χ0v) is 16.6. The Morgan fingerprint density at radius 3 is 2.53 bits per heavy atom. The molecule has 30 heavy (non-hydrogen) atoms. The molecule has 0 bridgehead atoms. The van der Waals surface area contributed by atoms with E-state index in [0.29, 0.717) is 16.4 Å². The molecule has 0 fully saturated rings.